The van der Waals surface area contributed by atoms with Crippen molar-refractivity contribution < 1.29 is 13.5 Å². The Balaban J connectivity index is 2.38. The molecule has 0 radical (unpaired) electrons. The van der Waals surface area contributed by atoms with Crippen LogP contribution in [-0.2, 0) is 0 Å². The summed E-state index contributed by atoms with van der Waals surface area (Å²) in [6.45, 7) is -0.122. The van der Waals surface area contributed by atoms with Crippen LogP contribution in [-0.4, -0.2) is 13.2 Å². The normalized spacial score (nSPS) is 12.7. The summed E-state index contributed by atoms with van der Waals surface area (Å²) in [5, 5.41) is 3.31. The smallest absolute Gasteiger partial charge is 0.387 e. The molecule has 108 valence electrons. The number of para-hydroxylation sites is 1. The monoisotopic (exact) mass is 361 g/mol. The Hall–Kier alpha value is -0.980. The summed E-state index contributed by atoms with van der Waals surface area (Å²) in [5.74, 6) is 0.206. The summed E-state index contributed by atoms with van der Waals surface area (Å²) < 4.78 is 30.6. The van der Waals surface area contributed by atoms with E-state index in [4.69, 9.17) is 0 Å². The molecule has 0 amide bonds. The maximum absolute atomic E-state index is 12.5. The van der Waals surface area contributed by atoms with Gasteiger partial charge in [-0.2, -0.15) is 8.78 Å². The van der Waals surface area contributed by atoms with Crippen LogP contribution in [0.1, 0.15) is 23.4 Å². The van der Waals surface area contributed by atoms with Crippen LogP contribution in [0.2, 0.25) is 0 Å². The second-order valence-electron chi connectivity index (χ2n) is 4.05. The van der Waals surface area contributed by atoms with E-state index < -0.39 is 6.61 Å². The van der Waals surface area contributed by atoms with Crippen LogP contribution in [0, 0.1) is 0 Å². The summed E-state index contributed by atoms with van der Waals surface area (Å²) in [5.41, 5.74) is 0.712. The molecule has 1 heterocycles. The number of halogens is 3. The van der Waals surface area contributed by atoms with Crippen LogP contribution < -0.4 is 10.1 Å². The minimum atomic E-state index is -2.83. The molecule has 1 N–H and O–H groups in total. The summed E-state index contributed by atoms with van der Waals surface area (Å²) in [6.07, 6.45) is 0. The molecule has 20 heavy (non-hydrogen) atoms. The number of benzene rings is 1. The summed E-state index contributed by atoms with van der Waals surface area (Å²) in [6, 6.07) is 10.6. The maximum Gasteiger partial charge on any atom is 0.387 e. The average Bonchev–Trinajstić information content (AvgIpc) is 2.83. The second kappa shape index (κ2) is 7.15. The van der Waals surface area contributed by atoms with Crippen molar-refractivity contribution in [2.24, 2.45) is 0 Å². The Morgan fingerprint density at radius 2 is 2.00 bits per heavy atom. The molecule has 0 aliphatic rings. The van der Waals surface area contributed by atoms with Crippen molar-refractivity contribution >= 4 is 27.3 Å². The Kier molecular flexibility index (Phi) is 5.51. The van der Waals surface area contributed by atoms with Gasteiger partial charge in [-0.15, -0.1) is 11.3 Å². The Bertz CT molecular complexity index is 562. The number of ether oxygens (including phenoxy) is 1. The molecule has 1 aromatic carbocycles. The van der Waals surface area contributed by atoms with Gasteiger partial charge in [0, 0.05) is 10.4 Å². The van der Waals surface area contributed by atoms with Crippen LogP contribution >= 0.6 is 27.3 Å². The number of hydrogen-bond acceptors (Lipinski definition) is 3. The minimum Gasteiger partial charge on any atom is -0.434 e. The Labute approximate surface area is 128 Å². The quantitative estimate of drug-likeness (QED) is 0.796. The summed E-state index contributed by atoms with van der Waals surface area (Å²) in [7, 11) is 0. The summed E-state index contributed by atoms with van der Waals surface area (Å²) >= 11 is 4.99. The lowest BCUT2D eigenvalue weighted by Crippen LogP contribution is -2.22. The van der Waals surface area contributed by atoms with E-state index in [0.717, 1.165) is 15.2 Å². The molecule has 0 fully saturated rings. The highest BCUT2D eigenvalue weighted by atomic mass is 79.9. The Morgan fingerprint density at radius 3 is 2.60 bits per heavy atom. The first kappa shape index (κ1) is 15.4. The van der Waals surface area contributed by atoms with E-state index in [2.05, 4.69) is 26.0 Å². The van der Waals surface area contributed by atoms with Gasteiger partial charge in [0.1, 0.15) is 5.75 Å². The van der Waals surface area contributed by atoms with Gasteiger partial charge in [0.15, 0.2) is 0 Å². The van der Waals surface area contributed by atoms with Crippen LogP contribution in [0.4, 0.5) is 8.78 Å². The molecule has 2 nitrogen and oxygen atoms in total. The molecule has 2 rings (SSSR count). The minimum absolute atomic E-state index is 0.161. The predicted molar refractivity (Wildman–Crippen MR) is 80.6 cm³/mol. The molecule has 2 aromatic rings. The van der Waals surface area contributed by atoms with E-state index in [0.29, 0.717) is 5.56 Å². The van der Waals surface area contributed by atoms with Crippen molar-refractivity contribution in [2.75, 3.05) is 6.54 Å². The van der Waals surface area contributed by atoms with E-state index in [1.165, 1.54) is 0 Å². The van der Waals surface area contributed by atoms with Gasteiger partial charge in [0.05, 0.1) is 9.83 Å². The van der Waals surface area contributed by atoms with Crippen molar-refractivity contribution in [3.8, 4) is 5.75 Å². The van der Waals surface area contributed by atoms with E-state index in [1.54, 1.807) is 29.5 Å². The molecule has 6 heteroatoms. The average molecular weight is 362 g/mol. The topological polar surface area (TPSA) is 21.3 Å². The van der Waals surface area contributed by atoms with E-state index in [9.17, 15) is 8.78 Å². The third kappa shape index (κ3) is 3.77. The number of hydrogen-bond donors (Lipinski definition) is 1. The Morgan fingerprint density at radius 1 is 1.25 bits per heavy atom. The van der Waals surface area contributed by atoms with Crippen molar-refractivity contribution in [1.29, 1.82) is 0 Å². The van der Waals surface area contributed by atoms with E-state index in [-0.39, 0.29) is 11.8 Å². The molecule has 0 aliphatic heterocycles. The largest absolute Gasteiger partial charge is 0.434 e. The number of rotatable bonds is 6. The zero-order chi connectivity index (χ0) is 14.5. The third-order valence-electron chi connectivity index (χ3n) is 2.73. The molecule has 0 aliphatic carbocycles. The first-order chi connectivity index (χ1) is 9.61. The highest BCUT2D eigenvalue weighted by Crippen LogP contribution is 2.35. The van der Waals surface area contributed by atoms with Gasteiger partial charge in [-0.05, 0) is 40.7 Å². The molecule has 0 spiro atoms. The highest BCUT2D eigenvalue weighted by Gasteiger charge is 2.20. The third-order valence-corrected chi connectivity index (χ3v) is 4.42. The van der Waals surface area contributed by atoms with Crippen LogP contribution in [0.25, 0.3) is 0 Å². The van der Waals surface area contributed by atoms with Gasteiger partial charge in [-0.1, -0.05) is 25.1 Å². The van der Waals surface area contributed by atoms with Crippen molar-refractivity contribution in [2.45, 2.75) is 19.6 Å². The molecule has 0 bridgehead atoms. The van der Waals surface area contributed by atoms with Crippen LogP contribution in [0.3, 0.4) is 0 Å². The standard InChI is InChI=1S/C14H14BrF2NOS/c1-2-18-13(11-7-8-12(15)20-11)9-5-3-4-6-10(9)19-14(16)17/h3-8,13-14,18H,2H2,1H3. The number of thiophene rings is 1. The van der Waals surface area contributed by atoms with Crippen molar-refractivity contribution in [1.82, 2.24) is 5.32 Å². The van der Waals surface area contributed by atoms with Crippen molar-refractivity contribution in [3.63, 3.8) is 0 Å². The molecule has 0 saturated carbocycles. The lowest BCUT2D eigenvalue weighted by Gasteiger charge is -2.20. The van der Waals surface area contributed by atoms with Gasteiger partial charge in [-0.25, -0.2) is 0 Å². The molecule has 1 aromatic heterocycles. The van der Waals surface area contributed by atoms with E-state index in [1.807, 2.05) is 25.1 Å². The van der Waals surface area contributed by atoms with Crippen molar-refractivity contribution in [3.05, 3.63) is 50.6 Å². The van der Waals surface area contributed by atoms with Crippen LogP contribution in [0.5, 0.6) is 5.75 Å². The van der Waals surface area contributed by atoms with Crippen LogP contribution in [0.15, 0.2) is 40.2 Å². The van der Waals surface area contributed by atoms with Gasteiger partial charge in [-0.3, -0.25) is 0 Å². The van der Waals surface area contributed by atoms with Gasteiger partial charge >= 0.3 is 6.61 Å². The van der Waals surface area contributed by atoms with Gasteiger partial charge in [0.2, 0.25) is 0 Å². The van der Waals surface area contributed by atoms with Gasteiger partial charge < -0.3 is 10.1 Å². The summed E-state index contributed by atoms with van der Waals surface area (Å²) in [4.78, 5) is 1.05. The fourth-order valence-corrected chi connectivity index (χ4v) is 3.49. The predicted octanol–water partition coefficient (Wildman–Crippen LogP) is 4.81. The molecule has 0 saturated heterocycles. The molecule has 1 atom stereocenters. The number of alkyl halides is 2. The lowest BCUT2D eigenvalue weighted by atomic mass is 10.0. The first-order valence-electron chi connectivity index (χ1n) is 6.14. The van der Waals surface area contributed by atoms with E-state index >= 15 is 0 Å². The molecular formula is C14H14BrF2NOS. The molecular weight excluding hydrogens is 348 g/mol. The molecule has 1 unspecified atom stereocenters. The SMILES string of the molecule is CCNC(c1ccc(Br)s1)c1ccccc1OC(F)F. The first-order valence-corrected chi connectivity index (χ1v) is 7.75. The zero-order valence-corrected chi connectivity index (χ0v) is 13.2. The van der Waals surface area contributed by atoms with Gasteiger partial charge in [0.25, 0.3) is 0 Å². The highest BCUT2D eigenvalue weighted by molar-refractivity contribution is 9.11. The zero-order valence-electron chi connectivity index (χ0n) is 10.8. The number of nitrogens with one attached hydrogen (secondary N) is 1. The fourth-order valence-electron chi connectivity index (χ4n) is 1.97. The second-order valence-corrected chi connectivity index (χ2v) is 6.54. The lowest BCUT2D eigenvalue weighted by molar-refractivity contribution is -0.0506. The maximum atomic E-state index is 12.5. The fraction of sp³-hybridized carbons (Fsp3) is 0.286.